The summed E-state index contributed by atoms with van der Waals surface area (Å²) < 4.78 is 0.407. The number of benzene rings is 1. The molecule has 0 aliphatic heterocycles. The highest BCUT2D eigenvalue weighted by Gasteiger charge is 2.10. The molecule has 0 aliphatic rings. The predicted octanol–water partition coefficient (Wildman–Crippen LogP) is 2.38. The van der Waals surface area contributed by atoms with Gasteiger partial charge in [-0.05, 0) is 34.7 Å². The fourth-order valence-electron chi connectivity index (χ4n) is 1.52. The Morgan fingerprint density at radius 1 is 1.20 bits per heavy atom. The van der Waals surface area contributed by atoms with Crippen LogP contribution in [0.1, 0.15) is 15.9 Å². The van der Waals surface area contributed by atoms with Crippen molar-refractivity contribution in [3.05, 3.63) is 73.5 Å². The van der Waals surface area contributed by atoms with Crippen LogP contribution >= 0.6 is 34.2 Å². The highest BCUT2D eigenvalue weighted by molar-refractivity contribution is 14.1. The highest BCUT2D eigenvalue weighted by atomic mass is 127. The van der Waals surface area contributed by atoms with E-state index in [1.807, 2.05) is 22.6 Å². The molecule has 1 aromatic heterocycles. The molecule has 0 radical (unpaired) electrons. The largest absolute Gasteiger partial charge is 0.325 e. The van der Waals surface area contributed by atoms with E-state index < -0.39 is 11.2 Å². The van der Waals surface area contributed by atoms with Gasteiger partial charge < -0.3 is 4.98 Å². The standard InChI is InChI=1S/C13H8ClIN2O3/c14-9-4-2-1-3-7(9)11(18)5-10(15)8-6-16-13(20)17-12(8)19/h1-6H,(H2,16,17,19,20)/b10-5-. The summed E-state index contributed by atoms with van der Waals surface area (Å²) in [7, 11) is 0. The van der Waals surface area contributed by atoms with Crippen LogP contribution in [0, 0.1) is 0 Å². The van der Waals surface area contributed by atoms with Gasteiger partial charge in [-0.15, -0.1) is 0 Å². The number of allylic oxidation sites excluding steroid dienone is 1. The Balaban J connectivity index is 2.40. The predicted molar refractivity (Wildman–Crippen MR) is 85.5 cm³/mol. The maximum absolute atomic E-state index is 12.1. The van der Waals surface area contributed by atoms with Crippen LogP contribution in [0.25, 0.3) is 3.58 Å². The van der Waals surface area contributed by atoms with Crippen LogP contribution in [-0.4, -0.2) is 15.8 Å². The monoisotopic (exact) mass is 402 g/mol. The number of rotatable bonds is 3. The van der Waals surface area contributed by atoms with Gasteiger partial charge in [0.05, 0.1) is 10.6 Å². The Morgan fingerprint density at radius 3 is 2.55 bits per heavy atom. The van der Waals surface area contributed by atoms with Gasteiger partial charge >= 0.3 is 5.69 Å². The minimum atomic E-state index is -0.597. The molecule has 20 heavy (non-hydrogen) atoms. The van der Waals surface area contributed by atoms with Crippen molar-refractivity contribution in [2.45, 2.75) is 0 Å². The third-order valence-corrected chi connectivity index (χ3v) is 3.70. The third-order valence-electron chi connectivity index (χ3n) is 2.47. The van der Waals surface area contributed by atoms with Crippen LogP contribution in [0.15, 0.2) is 46.1 Å². The fourth-order valence-corrected chi connectivity index (χ4v) is 2.43. The molecular weight excluding hydrogens is 395 g/mol. The van der Waals surface area contributed by atoms with Crippen molar-refractivity contribution in [3.63, 3.8) is 0 Å². The lowest BCUT2D eigenvalue weighted by molar-refractivity contribution is 0.104. The van der Waals surface area contributed by atoms with Gasteiger partial charge in [0.15, 0.2) is 5.78 Å². The van der Waals surface area contributed by atoms with Crippen LogP contribution < -0.4 is 11.2 Å². The second kappa shape index (κ2) is 6.19. The summed E-state index contributed by atoms with van der Waals surface area (Å²) in [6.45, 7) is 0. The van der Waals surface area contributed by atoms with Gasteiger partial charge in [-0.25, -0.2) is 4.79 Å². The number of H-pyrrole nitrogens is 2. The van der Waals surface area contributed by atoms with Gasteiger partial charge in [0.25, 0.3) is 5.56 Å². The van der Waals surface area contributed by atoms with E-state index in [9.17, 15) is 14.4 Å². The molecule has 0 saturated carbocycles. The van der Waals surface area contributed by atoms with Crippen LogP contribution in [0.5, 0.6) is 0 Å². The van der Waals surface area contributed by atoms with E-state index in [0.717, 1.165) is 0 Å². The number of nitrogens with one attached hydrogen (secondary N) is 2. The van der Waals surface area contributed by atoms with Crippen LogP contribution in [0.2, 0.25) is 5.02 Å². The zero-order chi connectivity index (χ0) is 14.7. The minimum absolute atomic E-state index is 0.214. The van der Waals surface area contributed by atoms with E-state index in [2.05, 4.69) is 9.97 Å². The molecule has 2 N–H and O–H groups in total. The van der Waals surface area contributed by atoms with Crippen molar-refractivity contribution in [3.8, 4) is 0 Å². The number of halogens is 2. The van der Waals surface area contributed by atoms with Gasteiger partial charge in [-0.1, -0.05) is 23.7 Å². The lowest BCUT2D eigenvalue weighted by Crippen LogP contribution is -2.23. The summed E-state index contributed by atoms with van der Waals surface area (Å²) in [5, 5.41) is 0.341. The first kappa shape index (κ1) is 14.7. The first-order chi connectivity index (χ1) is 9.49. The molecule has 1 heterocycles. The summed E-state index contributed by atoms with van der Waals surface area (Å²) >= 11 is 7.79. The van der Waals surface area contributed by atoms with E-state index in [-0.39, 0.29) is 11.3 Å². The number of aromatic nitrogens is 2. The Bertz CT molecular complexity index is 808. The van der Waals surface area contributed by atoms with Gasteiger partial charge in [0.1, 0.15) is 0 Å². The molecule has 102 valence electrons. The number of aromatic amines is 2. The maximum atomic E-state index is 12.1. The molecule has 0 atom stereocenters. The normalized spacial score (nSPS) is 11.4. The Hall–Kier alpha value is -1.67. The van der Waals surface area contributed by atoms with Crippen molar-refractivity contribution in [1.82, 2.24) is 9.97 Å². The molecule has 0 saturated heterocycles. The van der Waals surface area contributed by atoms with E-state index in [1.54, 1.807) is 24.3 Å². The van der Waals surface area contributed by atoms with Crippen molar-refractivity contribution in [2.75, 3.05) is 0 Å². The van der Waals surface area contributed by atoms with Gasteiger partial charge in [-0.3, -0.25) is 14.6 Å². The topological polar surface area (TPSA) is 82.8 Å². The molecule has 1 aromatic carbocycles. The van der Waals surface area contributed by atoms with Crippen LogP contribution in [0.4, 0.5) is 0 Å². The molecule has 2 aromatic rings. The smallest absolute Gasteiger partial charge is 0.313 e. The van der Waals surface area contributed by atoms with E-state index in [1.165, 1.54) is 12.3 Å². The summed E-state index contributed by atoms with van der Waals surface area (Å²) in [5.74, 6) is -0.314. The molecular formula is C13H8ClIN2O3. The number of hydrogen-bond acceptors (Lipinski definition) is 3. The van der Waals surface area contributed by atoms with Crippen LogP contribution in [-0.2, 0) is 0 Å². The van der Waals surface area contributed by atoms with Crippen molar-refractivity contribution in [1.29, 1.82) is 0 Å². The molecule has 5 nitrogen and oxygen atoms in total. The summed E-state index contributed by atoms with van der Waals surface area (Å²) in [6, 6.07) is 6.64. The number of hydrogen-bond donors (Lipinski definition) is 2. The molecule has 7 heteroatoms. The molecule has 0 unspecified atom stereocenters. The Labute approximate surface area is 131 Å². The average molecular weight is 403 g/mol. The third kappa shape index (κ3) is 3.26. The highest BCUT2D eigenvalue weighted by Crippen LogP contribution is 2.21. The summed E-state index contributed by atoms with van der Waals surface area (Å²) in [4.78, 5) is 39.1. The SMILES string of the molecule is O=C(/C=C(\I)c1c[nH]c(=O)[nH]c1=O)c1ccccc1Cl. The zero-order valence-electron chi connectivity index (χ0n) is 9.94. The van der Waals surface area contributed by atoms with E-state index in [0.29, 0.717) is 14.2 Å². The molecule has 0 fully saturated rings. The Morgan fingerprint density at radius 2 is 1.90 bits per heavy atom. The lowest BCUT2D eigenvalue weighted by Gasteiger charge is -2.01. The summed E-state index contributed by atoms with van der Waals surface area (Å²) in [5.41, 5.74) is -0.587. The first-order valence-corrected chi connectivity index (χ1v) is 6.93. The molecule has 0 aliphatic carbocycles. The van der Waals surface area contributed by atoms with Crippen molar-refractivity contribution < 1.29 is 4.79 Å². The lowest BCUT2D eigenvalue weighted by atomic mass is 10.1. The van der Waals surface area contributed by atoms with Gasteiger partial charge in [0, 0.05) is 21.4 Å². The Kier molecular flexibility index (Phi) is 4.56. The quantitative estimate of drug-likeness (QED) is 0.470. The fraction of sp³-hybridized carbons (Fsp3) is 0. The maximum Gasteiger partial charge on any atom is 0.325 e. The number of carbonyl (C=O) groups excluding carboxylic acids is 1. The second-order valence-electron chi connectivity index (χ2n) is 3.82. The van der Waals surface area contributed by atoms with Gasteiger partial charge in [0.2, 0.25) is 0 Å². The van der Waals surface area contributed by atoms with Crippen LogP contribution in [0.3, 0.4) is 0 Å². The molecule has 0 bridgehead atoms. The van der Waals surface area contributed by atoms with Crippen molar-refractivity contribution >= 4 is 43.6 Å². The minimum Gasteiger partial charge on any atom is -0.313 e. The van der Waals surface area contributed by atoms with E-state index in [4.69, 9.17) is 11.6 Å². The summed E-state index contributed by atoms with van der Waals surface area (Å²) in [6.07, 6.45) is 2.56. The second-order valence-corrected chi connectivity index (χ2v) is 5.39. The molecule has 0 amide bonds. The number of ketones is 1. The van der Waals surface area contributed by atoms with E-state index >= 15 is 0 Å². The number of carbonyl (C=O) groups is 1. The first-order valence-electron chi connectivity index (χ1n) is 5.47. The van der Waals surface area contributed by atoms with Gasteiger partial charge in [-0.2, -0.15) is 0 Å². The van der Waals surface area contributed by atoms with Crippen molar-refractivity contribution in [2.24, 2.45) is 0 Å². The zero-order valence-corrected chi connectivity index (χ0v) is 12.9. The average Bonchev–Trinajstić information content (AvgIpc) is 2.38. The molecule has 0 spiro atoms. The molecule has 2 rings (SSSR count).